The Kier molecular flexibility index (Phi) is 6.87. The van der Waals surface area contributed by atoms with Gasteiger partial charge in [-0.2, -0.15) is 0 Å². The van der Waals surface area contributed by atoms with Gasteiger partial charge in [0.05, 0.1) is 32.8 Å². The maximum Gasteiger partial charge on any atom is 0.303 e. The number of amides is 1. The lowest BCUT2D eigenvalue weighted by Crippen LogP contribution is -2.53. The zero-order chi connectivity index (χ0) is 28.8. The number of carbonyl (C=O) groups excluding carboxylic acids is 2. The Balaban J connectivity index is 1.93. The number of aliphatic hydroxyl groups is 1. The molecule has 1 aliphatic heterocycles. The van der Waals surface area contributed by atoms with Gasteiger partial charge in [0.2, 0.25) is 5.91 Å². The SMILES string of the molecule is COc1ccc(C23Oc4cc(OC)cc(OC)c4C2(O)C(OC(C)=O)C(C(=O)N(C)C)C3c2ccccc2)cc1. The third-order valence-electron chi connectivity index (χ3n) is 7.94. The zero-order valence-electron chi connectivity index (χ0n) is 23.3. The number of nitrogens with zero attached hydrogens (tertiary/aromatic N) is 1. The molecule has 2 aliphatic rings. The predicted molar refractivity (Wildman–Crippen MR) is 146 cm³/mol. The number of esters is 1. The van der Waals surface area contributed by atoms with Crippen molar-refractivity contribution in [2.75, 3.05) is 35.4 Å². The molecule has 1 N–H and O–H groups in total. The van der Waals surface area contributed by atoms with E-state index >= 15 is 0 Å². The van der Waals surface area contributed by atoms with Crippen LogP contribution >= 0.6 is 0 Å². The fourth-order valence-corrected chi connectivity index (χ4v) is 6.39. The first-order chi connectivity index (χ1) is 19.1. The molecule has 5 unspecified atom stereocenters. The molecule has 0 saturated heterocycles. The number of hydrogen-bond donors (Lipinski definition) is 1. The Bertz CT molecular complexity index is 1420. The Morgan fingerprint density at radius 2 is 1.55 bits per heavy atom. The Labute approximate surface area is 233 Å². The number of ether oxygens (including phenoxy) is 5. The third-order valence-corrected chi connectivity index (χ3v) is 7.94. The molecule has 0 aromatic heterocycles. The summed E-state index contributed by atoms with van der Waals surface area (Å²) in [6, 6.07) is 19.8. The molecule has 1 fully saturated rings. The van der Waals surface area contributed by atoms with Crippen LogP contribution in [0.15, 0.2) is 66.7 Å². The van der Waals surface area contributed by atoms with E-state index in [2.05, 4.69) is 0 Å². The maximum absolute atomic E-state index is 14.0. The van der Waals surface area contributed by atoms with Gasteiger partial charge in [0, 0.05) is 39.1 Å². The number of carbonyl (C=O) groups is 2. The first-order valence-corrected chi connectivity index (χ1v) is 12.9. The molecule has 3 aromatic carbocycles. The van der Waals surface area contributed by atoms with E-state index in [1.54, 1.807) is 57.6 Å². The standard InChI is InChI=1S/C31H33NO8/c1-18(33)39-28-25(29(34)32(2)3)26(19-10-8-7-9-11-19)31(20-12-14-21(36-4)15-13-20)30(28,35)27-23(38-6)16-22(37-5)17-24(27)40-31/h7-17,25-26,28,35H,1-6H3. The average molecular weight is 548 g/mol. The lowest BCUT2D eigenvalue weighted by Gasteiger charge is -2.41. The summed E-state index contributed by atoms with van der Waals surface area (Å²) >= 11 is 0. The van der Waals surface area contributed by atoms with E-state index in [1.807, 2.05) is 30.3 Å². The third kappa shape index (κ3) is 3.79. The van der Waals surface area contributed by atoms with E-state index in [0.29, 0.717) is 22.8 Å². The number of rotatable bonds is 7. The van der Waals surface area contributed by atoms with Gasteiger partial charge in [-0.1, -0.05) is 42.5 Å². The van der Waals surface area contributed by atoms with Crippen molar-refractivity contribution in [1.82, 2.24) is 4.90 Å². The molecule has 0 radical (unpaired) electrons. The fraction of sp³-hybridized carbons (Fsp3) is 0.355. The second-order valence-electron chi connectivity index (χ2n) is 10.2. The average Bonchev–Trinajstić information content (AvgIpc) is 3.34. The molecule has 5 rings (SSSR count). The normalized spacial score (nSPS) is 26.2. The highest BCUT2D eigenvalue weighted by atomic mass is 16.6. The highest BCUT2D eigenvalue weighted by Crippen LogP contribution is 2.71. The summed E-state index contributed by atoms with van der Waals surface area (Å²) in [7, 11) is 7.82. The van der Waals surface area contributed by atoms with Gasteiger partial charge >= 0.3 is 5.97 Å². The molecule has 3 aromatic rings. The maximum atomic E-state index is 14.0. The van der Waals surface area contributed by atoms with Crippen molar-refractivity contribution in [1.29, 1.82) is 0 Å². The number of fused-ring (bicyclic) bond motifs is 3. The largest absolute Gasteiger partial charge is 0.497 e. The lowest BCUT2D eigenvalue weighted by atomic mass is 9.70. The molecule has 1 saturated carbocycles. The minimum atomic E-state index is -2.06. The molecule has 5 atom stereocenters. The van der Waals surface area contributed by atoms with E-state index in [9.17, 15) is 14.7 Å². The molecule has 1 heterocycles. The van der Waals surface area contributed by atoms with Gasteiger partial charge < -0.3 is 33.7 Å². The second-order valence-corrected chi connectivity index (χ2v) is 10.2. The van der Waals surface area contributed by atoms with Crippen LogP contribution in [0.2, 0.25) is 0 Å². The van der Waals surface area contributed by atoms with Gasteiger partial charge in [0.25, 0.3) is 0 Å². The highest BCUT2D eigenvalue weighted by molar-refractivity contribution is 5.83. The number of hydrogen-bond acceptors (Lipinski definition) is 8. The second kappa shape index (κ2) is 10.1. The smallest absolute Gasteiger partial charge is 0.303 e. The van der Waals surface area contributed by atoms with Crippen LogP contribution in [0, 0.1) is 5.92 Å². The van der Waals surface area contributed by atoms with Crippen molar-refractivity contribution < 1.29 is 38.4 Å². The molecule has 1 aliphatic carbocycles. The van der Waals surface area contributed by atoms with Gasteiger partial charge in [-0.3, -0.25) is 9.59 Å². The van der Waals surface area contributed by atoms with E-state index < -0.39 is 35.1 Å². The number of benzene rings is 3. The zero-order valence-corrected chi connectivity index (χ0v) is 23.3. The summed E-state index contributed by atoms with van der Waals surface area (Å²) in [4.78, 5) is 28.1. The molecule has 9 nitrogen and oxygen atoms in total. The van der Waals surface area contributed by atoms with Crippen LogP contribution in [0.4, 0.5) is 0 Å². The van der Waals surface area contributed by atoms with Crippen molar-refractivity contribution in [3.05, 3.63) is 83.4 Å². The molecule has 210 valence electrons. The molecule has 1 amide bonds. The van der Waals surface area contributed by atoms with Crippen LogP contribution in [-0.2, 0) is 25.5 Å². The quantitative estimate of drug-likeness (QED) is 0.448. The predicted octanol–water partition coefficient (Wildman–Crippen LogP) is 3.62. The first-order valence-electron chi connectivity index (χ1n) is 12.9. The lowest BCUT2D eigenvalue weighted by molar-refractivity contribution is -0.184. The highest BCUT2D eigenvalue weighted by Gasteiger charge is 2.79. The van der Waals surface area contributed by atoms with Crippen LogP contribution in [0.3, 0.4) is 0 Å². The summed E-state index contributed by atoms with van der Waals surface area (Å²) in [5.41, 5.74) is -2.12. The monoisotopic (exact) mass is 547 g/mol. The van der Waals surface area contributed by atoms with E-state index in [4.69, 9.17) is 23.7 Å². The number of methoxy groups -OCH3 is 3. The van der Waals surface area contributed by atoms with E-state index in [1.165, 1.54) is 26.0 Å². The van der Waals surface area contributed by atoms with Crippen molar-refractivity contribution in [3.63, 3.8) is 0 Å². The van der Waals surface area contributed by atoms with Crippen LogP contribution in [0.1, 0.15) is 29.5 Å². The molecule has 9 heteroatoms. The Morgan fingerprint density at radius 3 is 2.10 bits per heavy atom. The minimum absolute atomic E-state index is 0.271. The summed E-state index contributed by atoms with van der Waals surface area (Å²) < 4.78 is 29.5. The summed E-state index contributed by atoms with van der Waals surface area (Å²) in [6.07, 6.45) is -1.34. The fourth-order valence-electron chi connectivity index (χ4n) is 6.39. The van der Waals surface area contributed by atoms with Crippen LogP contribution < -0.4 is 18.9 Å². The molecular formula is C31H33NO8. The van der Waals surface area contributed by atoms with Crippen LogP contribution in [-0.4, -0.2) is 63.4 Å². The van der Waals surface area contributed by atoms with Gasteiger partial charge in [0.15, 0.2) is 17.3 Å². The van der Waals surface area contributed by atoms with Gasteiger partial charge in [-0.25, -0.2) is 0 Å². The van der Waals surface area contributed by atoms with Crippen molar-refractivity contribution in [3.8, 4) is 23.0 Å². The van der Waals surface area contributed by atoms with Gasteiger partial charge in [-0.15, -0.1) is 0 Å². The molecule has 0 bridgehead atoms. The Hall–Kier alpha value is -4.24. The van der Waals surface area contributed by atoms with Gasteiger partial charge in [0.1, 0.15) is 23.0 Å². The Morgan fingerprint density at radius 1 is 0.900 bits per heavy atom. The summed E-state index contributed by atoms with van der Waals surface area (Å²) in [5.74, 6) is -1.17. The molecular weight excluding hydrogens is 514 g/mol. The molecule has 40 heavy (non-hydrogen) atoms. The summed E-state index contributed by atoms with van der Waals surface area (Å²) in [5, 5.41) is 13.2. The topological polar surface area (TPSA) is 104 Å². The molecule has 0 spiro atoms. The van der Waals surface area contributed by atoms with Crippen LogP contribution in [0.5, 0.6) is 23.0 Å². The first kappa shape index (κ1) is 27.3. The van der Waals surface area contributed by atoms with Crippen molar-refractivity contribution >= 4 is 11.9 Å². The van der Waals surface area contributed by atoms with Crippen LogP contribution in [0.25, 0.3) is 0 Å². The van der Waals surface area contributed by atoms with Crippen molar-refractivity contribution in [2.45, 2.75) is 30.1 Å². The minimum Gasteiger partial charge on any atom is -0.497 e. The van der Waals surface area contributed by atoms with Crippen molar-refractivity contribution in [2.24, 2.45) is 5.92 Å². The van der Waals surface area contributed by atoms with Gasteiger partial charge in [-0.05, 0) is 23.3 Å². The summed E-state index contributed by atoms with van der Waals surface area (Å²) in [6.45, 7) is 1.26. The van der Waals surface area contributed by atoms with E-state index in [-0.39, 0.29) is 17.2 Å². The van der Waals surface area contributed by atoms with E-state index in [0.717, 1.165) is 5.56 Å².